The molecule has 0 N–H and O–H groups in total. The normalized spacial score (nSPS) is 10.7. The molecule has 58 valence electrons. The SMILES string of the molecule is Cn1c[n+](C)cc1/C=C/C=O. The topological polar surface area (TPSA) is 25.9 Å². The van der Waals surface area contributed by atoms with E-state index in [1.54, 1.807) is 6.08 Å². The first-order valence-corrected chi connectivity index (χ1v) is 3.37. The van der Waals surface area contributed by atoms with Gasteiger partial charge in [-0.05, 0) is 12.2 Å². The first-order valence-electron chi connectivity index (χ1n) is 3.37. The van der Waals surface area contributed by atoms with Gasteiger partial charge in [0.15, 0.2) is 5.69 Å². The Hall–Kier alpha value is -1.38. The number of carbonyl (C=O) groups is 1. The Labute approximate surface area is 65.6 Å². The Kier molecular flexibility index (Phi) is 2.21. The zero-order valence-corrected chi connectivity index (χ0v) is 6.69. The van der Waals surface area contributed by atoms with Crippen molar-refractivity contribution in [3.63, 3.8) is 0 Å². The average molecular weight is 151 g/mol. The molecule has 0 radical (unpaired) electrons. The van der Waals surface area contributed by atoms with Gasteiger partial charge in [-0.15, -0.1) is 0 Å². The predicted octanol–water partition coefficient (Wildman–Crippen LogP) is 0.0617. The molecule has 3 nitrogen and oxygen atoms in total. The molecule has 1 aromatic rings. The van der Waals surface area contributed by atoms with Crippen LogP contribution < -0.4 is 4.57 Å². The maximum Gasteiger partial charge on any atom is 0.243 e. The summed E-state index contributed by atoms with van der Waals surface area (Å²) in [6.45, 7) is 0. The number of aryl methyl sites for hydroxylation is 2. The van der Waals surface area contributed by atoms with Crippen LogP contribution in [0.3, 0.4) is 0 Å². The summed E-state index contributed by atoms with van der Waals surface area (Å²) in [6, 6.07) is 0. The Morgan fingerprint density at radius 3 is 2.82 bits per heavy atom. The van der Waals surface area contributed by atoms with E-state index in [4.69, 9.17) is 0 Å². The number of hydrogen-bond donors (Lipinski definition) is 0. The average Bonchev–Trinajstić information content (AvgIpc) is 2.26. The number of aldehydes is 1. The molecule has 0 aliphatic rings. The number of hydrogen-bond acceptors (Lipinski definition) is 1. The van der Waals surface area contributed by atoms with Crippen molar-refractivity contribution in [1.29, 1.82) is 0 Å². The molecule has 0 aliphatic carbocycles. The molecule has 0 bridgehead atoms. The fourth-order valence-electron chi connectivity index (χ4n) is 0.971. The van der Waals surface area contributed by atoms with Gasteiger partial charge in [0.2, 0.25) is 6.33 Å². The van der Waals surface area contributed by atoms with E-state index in [2.05, 4.69) is 0 Å². The minimum absolute atomic E-state index is 0.771. The van der Waals surface area contributed by atoms with Gasteiger partial charge in [-0.2, -0.15) is 0 Å². The van der Waals surface area contributed by atoms with Crippen LogP contribution in [0.4, 0.5) is 0 Å². The van der Waals surface area contributed by atoms with Crippen molar-refractivity contribution in [1.82, 2.24) is 4.57 Å². The van der Waals surface area contributed by atoms with Crippen LogP contribution >= 0.6 is 0 Å². The van der Waals surface area contributed by atoms with Gasteiger partial charge in [0.1, 0.15) is 12.5 Å². The quantitative estimate of drug-likeness (QED) is 0.333. The van der Waals surface area contributed by atoms with Gasteiger partial charge in [-0.25, -0.2) is 9.13 Å². The summed E-state index contributed by atoms with van der Waals surface area (Å²) in [5.74, 6) is 0. The molecule has 11 heavy (non-hydrogen) atoms. The highest BCUT2D eigenvalue weighted by atomic mass is 16.1. The lowest BCUT2D eigenvalue weighted by atomic mass is 10.4. The van der Waals surface area contributed by atoms with E-state index in [0.29, 0.717) is 0 Å². The van der Waals surface area contributed by atoms with Gasteiger partial charge in [0.05, 0.1) is 14.1 Å². The van der Waals surface area contributed by atoms with Crippen molar-refractivity contribution in [3.8, 4) is 0 Å². The number of carbonyl (C=O) groups excluding carboxylic acids is 1. The van der Waals surface area contributed by atoms with Gasteiger partial charge >= 0.3 is 0 Å². The number of aromatic nitrogens is 2. The molecule has 1 aromatic heterocycles. The molecule has 0 fully saturated rings. The van der Waals surface area contributed by atoms with Crippen molar-refractivity contribution in [3.05, 3.63) is 24.3 Å². The summed E-state index contributed by atoms with van der Waals surface area (Å²) in [5, 5.41) is 0. The third-order valence-electron chi connectivity index (χ3n) is 1.44. The van der Waals surface area contributed by atoms with Crippen LogP contribution in [-0.4, -0.2) is 10.9 Å². The lowest BCUT2D eigenvalue weighted by molar-refractivity contribution is -0.671. The first kappa shape index (κ1) is 7.72. The van der Waals surface area contributed by atoms with Crippen LogP contribution in [0.2, 0.25) is 0 Å². The molecule has 0 spiro atoms. The molecular formula is C8H11N2O+. The molecule has 0 saturated carbocycles. The van der Waals surface area contributed by atoms with Crippen molar-refractivity contribution in [2.45, 2.75) is 0 Å². The van der Waals surface area contributed by atoms with Crippen molar-refractivity contribution < 1.29 is 9.36 Å². The Morgan fingerprint density at radius 1 is 1.64 bits per heavy atom. The minimum atomic E-state index is 0.771. The van der Waals surface area contributed by atoms with Gasteiger partial charge in [-0.3, -0.25) is 4.79 Å². The molecule has 1 rings (SSSR count). The van der Waals surface area contributed by atoms with E-state index in [9.17, 15) is 4.79 Å². The molecule has 0 atom stereocenters. The summed E-state index contributed by atoms with van der Waals surface area (Å²) < 4.78 is 3.88. The summed E-state index contributed by atoms with van der Waals surface area (Å²) in [4.78, 5) is 9.99. The highest BCUT2D eigenvalue weighted by molar-refractivity contribution is 5.72. The minimum Gasteiger partial charge on any atom is -0.299 e. The molecule has 0 amide bonds. The maximum absolute atomic E-state index is 9.99. The molecule has 0 aliphatic heterocycles. The van der Waals surface area contributed by atoms with Crippen LogP contribution in [0.25, 0.3) is 6.08 Å². The number of imidazole rings is 1. The molecular weight excluding hydrogens is 140 g/mol. The van der Waals surface area contributed by atoms with Gasteiger partial charge in [-0.1, -0.05) is 0 Å². The fourth-order valence-corrected chi connectivity index (χ4v) is 0.971. The van der Waals surface area contributed by atoms with Gasteiger partial charge in [0.25, 0.3) is 0 Å². The van der Waals surface area contributed by atoms with Crippen LogP contribution in [-0.2, 0) is 18.9 Å². The molecule has 0 aromatic carbocycles. The van der Waals surface area contributed by atoms with Crippen LogP contribution in [0.5, 0.6) is 0 Å². The summed E-state index contributed by atoms with van der Waals surface area (Å²) in [7, 11) is 3.88. The standard InChI is InChI=1S/C8H11N2O/c1-9-6-8(4-3-5-11)10(2)7-9/h3-7H,1-2H3/q+1/b4-3+. The predicted molar refractivity (Wildman–Crippen MR) is 41.7 cm³/mol. The summed E-state index contributed by atoms with van der Waals surface area (Å²) >= 11 is 0. The molecule has 0 saturated heterocycles. The largest absolute Gasteiger partial charge is 0.299 e. The Bertz CT molecular complexity index is 286. The lowest BCUT2D eigenvalue weighted by Gasteiger charge is -1.81. The highest BCUT2D eigenvalue weighted by Crippen LogP contribution is 1.95. The van der Waals surface area contributed by atoms with E-state index in [1.807, 2.05) is 35.8 Å². The van der Waals surface area contributed by atoms with E-state index in [1.165, 1.54) is 6.08 Å². The zero-order chi connectivity index (χ0) is 8.27. The highest BCUT2D eigenvalue weighted by Gasteiger charge is 2.01. The molecule has 1 heterocycles. The second-order valence-corrected chi connectivity index (χ2v) is 2.44. The smallest absolute Gasteiger partial charge is 0.243 e. The van der Waals surface area contributed by atoms with E-state index >= 15 is 0 Å². The van der Waals surface area contributed by atoms with E-state index < -0.39 is 0 Å². The lowest BCUT2D eigenvalue weighted by Crippen LogP contribution is -2.23. The molecule has 3 heteroatoms. The number of allylic oxidation sites excluding steroid dienone is 1. The molecule has 0 unspecified atom stereocenters. The van der Waals surface area contributed by atoms with E-state index in [-0.39, 0.29) is 0 Å². The monoisotopic (exact) mass is 151 g/mol. The summed E-state index contributed by atoms with van der Waals surface area (Å²) in [5.41, 5.74) is 1.01. The first-order chi connectivity index (χ1) is 5.24. The van der Waals surface area contributed by atoms with Crippen molar-refractivity contribution >= 4 is 12.4 Å². The Morgan fingerprint density at radius 2 is 2.36 bits per heavy atom. The second kappa shape index (κ2) is 3.14. The number of rotatable bonds is 2. The zero-order valence-electron chi connectivity index (χ0n) is 6.69. The van der Waals surface area contributed by atoms with Crippen molar-refractivity contribution in [2.24, 2.45) is 14.1 Å². The second-order valence-electron chi connectivity index (χ2n) is 2.44. The van der Waals surface area contributed by atoms with Gasteiger partial charge < -0.3 is 0 Å². The van der Waals surface area contributed by atoms with Crippen molar-refractivity contribution in [2.75, 3.05) is 0 Å². The number of nitrogens with zero attached hydrogens (tertiary/aromatic N) is 2. The van der Waals surface area contributed by atoms with Crippen LogP contribution in [0, 0.1) is 0 Å². The maximum atomic E-state index is 9.99. The van der Waals surface area contributed by atoms with Gasteiger partial charge in [0, 0.05) is 0 Å². The Balaban J connectivity index is 2.93. The van der Waals surface area contributed by atoms with Crippen LogP contribution in [0.1, 0.15) is 5.69 Å². The van der Waals surface area contributed by atoms with Crippen LogP contribution in [0.15, 0.2) is 18.6 Å². The fraction of sp³-hybridized carbons (Fsp3) is 0.250. The third kappa shape index (κ3) is 1.77. The summed E-state index contributed by atoms with van der Waals surface area (Å²) in [6.07, 6.45) is 7.90. The van der Waals surface area contributed by atoms with E-state index in [0.717, 1.165) is 12.0 Å². The third-order valence-corrected chi connectivity index (χ3v) is 1.44.